The summed E-state index contributed by atoms with van der Waals surface area (Å²) in [5.74, 6) is -0.0918. The van der Waals surface area contributed by atoms with Crippen LogP contribution in [0, 0.1) is 0 Å². The molecule has 2 fully saturated rings. The Kier molecular flexibility index (Phi) is 6.83. The average Bonchev–Trinajstić information content (AvgIpc) is 2.51. The maximum atomic E-state index is 11.9. The van der Waals surface area contributed by atoms with Gasteiger partial charge in [0.05, 0.1) is 6.54 Å². The number of ether oxygens (including phenoxy) is 1. The van der Waals surface area contributed by atoms with Gasteiger partial charge in [0, 0.05) is 38.3 Å². The Morgan fingerprint density at radius 3 is 2.26 bits per heavy atom. The molecule has 0 aromatic heterocycles. The van der Waals surface area contributed by atoms with Gasteiger partial charge in [0.15, 0.2) is 0 Å². The molecule has 0 amide bonds. The minimum atomic E-state index is -0.0918. The summed E-state index contributed by atoms with van der Waals surface area (Å²) in [7, 11) is 6.17. The fraction of sp³-hybridized carbons (Fsp3) is 0.941. The first-order chi connectivity index (χ1) is 10.9. The van der Waals surface area contributed by atoms with Crippen LogP contribution >= 0.6 is 0 Å². The highest BCUT2D eigenvalue weighted by Gasteiger charge is 2.36. The third-order valence-electron chi connectivity index (χ3n) is 5.35. The van der Waals surface area contributed by atoms with Gasteiger partial charge >= 0.3 is 5.97 Å². The molecule has 2 rings (SSSR count). The zero-order chi connectivity index (χ0) is 16.9. The molecule has 2 heterocycles. The van der Waals surface area contributed by atoms with Crippen molar-refractivity contribution in [3.05, 3.63) is 0 Å². The fourth-order valence-electron chi connectivity index (χ4n) is 3.43. The van der Waals surface area contributed by atoms with Gasteiger partial charge in [0.2, 0.25) is 0 Å². The number of piperazine rings is 1. The van der Waals surface area contributed by atoms with Crippen LogP contribution in [-0.4, -0.2) is 111 Å². The minimum absolute atomic E-state index is 0.0918. The summed E-state index contributed by atoms with van der Waals surface area (Å²) in [6, 6.07) is 0. The van der Waals surface area contributed by atoms with Crippen molar-refractivity contribution in [1.29, 1.82) is 0 Å². The van der Waals surface area contributed by atoms with Gasteiger partial charge in [-0.3, -0.25) is 14.6 Å². The zero-order valence-electron chi connectivity index (χ0n) is 15.4. The molecule has 6 nitrogen and oxygen atoms in total. The predicted octanol–water partition coefficient (Wildman–Crippen LogP) is 0.193. The first-order valence-electron chi connectivity index (χ1n) is 8.85. The lowest BCUT2D eigenvalue weighted by atomic mass is 9.87. The molecule has 0 aromatic rings. The summed E-state index contributed by atoms with van der Waals surface area (Å²) in [5, 5.41) is 0. The molecule has 0 N–H and O–H groups in total. The monoisotopic (exact) mass is 326 g/mol. The molecule has 0 bridgehead atoms. The van der Waals surface area contributed by atoms with Crippen molar-refractivity contribution in [3.8, 4) is 0 Å². The molecule has 134 valence electrons. The molecule has 2 saturated heterocycles. The van der Waals surface area contributed by atoms with Crippen LogP contribution in [0.1, 0.15) is 19.8 Å². The van der Waals surface area contributed by atoms with Crippen LogP contribution in [0.25, 0.3) is 0 Å². The van der Waals surface area contributed by atoms with Crippen molar-refractivity contribution in [1.82, 2.24) is 19.6 Å². The molecule has 2 aliphatic rings. The highest BCUT2D eigenvalue weighted by molar-refractivity contribution is 5.71. The molecule has 6 heteroatoms. The van der Waals surface area contributed by atoms with Crippen LogP contribution in [0.4, 0.5) is 0 Å². The van der Waals surface area contributed by atoms with E-state index in [9.17, 15) is 4.79 Å². The van der Waals surface area contributed by atoms with Crippen LogP contribution in [0.2, 0.25) is 0 Å². The van der Waals surface area contributed by atoms with Gasteiger partial charge in [-0.1, -0.05) is 0 Å². The summed E-state index contributed by atoms with van der Waals surface area (Å²) in [6.45, 7) is 10.5. The number of likely N-dealkylation sites (tertiary alicyclic amines) is 1. The number of nitrogens with zero attached hydrogens (tertiary/aromatic N) is 4. The van der Waals surface area contributed by atoms with Crippen molar-refractivity contribution < 1.29 is 9.53 Å². The smallest absolute Gasteiger partial charge is 0.320 e. The fourth-order valence-corrected chi connectivity index (χ4v) is 3.43. The highest BCUT2D eigenvalue weighted by Crippen LogP contribution is 2.28. The Balaban J connectivity index is 1.68. The van der Waals surface area contributed by atoms with Gasteiger partial charge in [-0.05, 0) is 54.0 Å². The van der Waals surface area contributed by atoms with Crippen molar-refractivity contribution in [2.75, 3.05) is 80.1 Å². The maximum Gasteiger partial charge on any atom is 0.320 e. The number of hydrogen-bond donors (Lipinski definition) is 0. The van der Waals surface area contributed by atoms with E-state index in [0.29, 0.717) is 18.7 Å². The third kappa shape index (κ3) is 5.71. The number of esters is 1. The van der Waals surface area contributed by atoms with Crippen LogP contribution in [0.3, 0.4) is 0 Å². The van der Waals surface area contributed by atoms with E-state index in [4.69, 9.17) is 4.74 Å². The second-order valence-electron chi connectivity index (χ2n) is 7.59. The highest BCUT2D eigenvalue weighted by atomic mass is 16.5. The molecule has 0 aromatic carbocycles. The van der Waals surface area contributed by atoms with Crippen molar-refractivity contribution in [2.45, 2.75) is 25.3 Å². The lowest BCUT2D eigenvalue weighted by Gasteiger charge is -2.49. The van der Waals surface area contributed by atoms with E-state index in [0.717, 1.165) is 32.7 Å². The van der Waals surface area contributed by atoms with E-state index in [1.165, 1.54) is 25.9 Å². The van der Waals surface area contributed by atoms with E-state index >= 15 is 0 Å². The lowest BCUT2D eigenvalue weighted by molar-refractivity contribution is -0.145. The van der Waals surface area contributed by atoms with Gasteiger partial charge < -0.3 is 14.5 Å². The Morgan fingerprint density at radius 1 is 1.09 bits per heavy atom. The largest absolute Gasteiger partial charge is 0.463 e. The first-order valence-corrected chi connectivity index (χ1v) is 8.85. The zero-order valence-corrected chi connectivity index (χ0v) is 15.4. The number of carbonyl (C=O) groups excluding carboxylic acids is 1. The molecule has 0 unspecified atom stereocenters. The van der Waals surface area contributed by atoms with Gasteiger partial charge in [-0.25, -0.2) is 0 Å². The van der Waals surface area contributed by atoms with Gasteiger partial charge in [0.1, 0.15) is 6.61 Å². The summed E-state index contributed by atoms with van der Waals surface area (Å²) in [6.07, 6.45) is 2.49. The van der Waals surface area contributed by atoms with E-state index < -0.39 is 0 Å². The van der Waals surface area contributed by atoms with Crippen LogP contribution < -0.4 is 0 Å². The topological polar surface area (TPSA) is 39.3 Å². The summed E-state index contributed by atoms with van der Waals surface area (Å²) < 4.78 is 5.29. The van der Waals surface area contributed by atoms with E-state index in [1.807, 2.05) is 19.0 Å². The maximum absolute atomic E-state index is 11.9. The molecule has 0 aliphatic carbocycles. The Hall–Kier alpha value is -0.690. The van der Waals surface area contributed by atoms with Crippen LogP contribution in [-0.2, 0) is 9.53 Å². The second kappa shape index (κ2) is 8.42. The summed E-state index contributed by atoms with van der Waals surface area (Å²) in [5.41, 5.74) is 0.338. The lowest BCUT2D eigenvalue weighted by Crippen LogP contribution is -2.59. The van der Waals surface area contributed by atoms with E-state index in [2.05, 4.69) is 28.7 Å². The molecule has 0 radical (unpaired) electrons. The van der Waals surface area contributed by atoms with Gasteiger partial charge in [-0.15, -0.1) is 0 Å². The first kappa shape index (κ1) is 18.6. The predicted molar refractivity (Wildman–Crippen MR) is 92.7 cm³/mol. The number of piperidine rings is 1. The molecule has 0 saturated carbocycles. The normalized spacial score (nSPS) is 24.0. The molecule has 23 heavy (non-hydrogen) atoms. The number of carbonyl (C=O) groups is 1. The minimum Gasteiger partial charge on any atom is -0.463 e. The molecular weight excluding hydrogens is 292 g/mol. The van der Waals surface area contributed by atoms with Gasteiger partial charge in [0.25, 0.3) is 0 Å². The average molecular weight is 326 g/mol. The third-order valence-corrected chi connectivity index (χ3v) is 5.35. The number of hydrogen-bond acceptors (Lipinski definition) is 6. The van der Waals surface area contributed by atoms with Crippen LogP contribution in [0.15, 0.2) is 0 Å². The summed E-state index contributed by atoms with van der Waals surface area (Å²) in [4.78, 5) is 21.2. The number of rotatable bonds is 6. The Bertz CT molecular complexity index is 373. The SMILES string of the molecule is CN(C)CCOC(=O)CN1CCN(C2(C)CCN(C)CC2)CC1. The van der Waals surface area contributed by atoms with E-state index in [1.54, 1.807) is 0 Å². The quantitative estimate of drug-likeness (QED) is 0.649. The molecular formula is C17H34N4O2. The Morgan fingerprint density at radius 2 is 1.70 bits per heavy atom. The molecule has 0 spiro atoms. The van der Waals surface area contributed by atoms with Crippen molar-refractivity contribution in [2.24, 2.45) is 0 Å². The van der Waals surface area contributed by atoms with Gasteiger partial charge in [-0.2, -0.15) is 0 Å². The Labute approximate surface area is 141 Å². The van der Waals surface area contributed by atoms with E-state index in [-0.39, 0.29) is 5.97 Å². The molecule has 2 aliphatic heterocycles. The number of likely N-dealkylation sites (N-methyl/N-ethyl adjacent to an activating group) is 1. The van der Waals surface area contributed by atoms with Crippen molar-refractivity contribution >= 4 is 5.97 Å². The standard InChI is InChI=1S/C17H34N4O2/c1-17(5-7-19(4)8-6-17)21-11-9-20(10-12-21)15-16(22)23-14-13-18(2)3/h5-15H2,1-4H3. The van der Waals surface area contributed by atoms with Crippen LogP contribution in [0.5, 0.6) is 0 Å². The summed E-state index contributed by atoms with van der Waals surface area (Å²) >= 11 is 0. The van der Waals surface area contributed by atoms with Crippen molar-refractivity contribution in [3.63, 3.8) is 0 Å². The molecule has 0 atom stereocenters. The second-order valence-corrected chi connectivity index (χ2v) is 7.59.